The number of hydrogen-bond donors (Lipinski definition) is 3. The molecule has 32 heavy (non-hydrogen) atoms. The Morgan fingerprint density at radius 3 is 2.25 bits per heavy atom. The lowest BCUT2D eigenvalue weighted by Crippen LogP contribution is -2.45. The molecule has 6 heteroatoms. The third kappa shape index (κ3) is 16.3. The molecule has 0 rings (SSSR count). The van der Waals surface area contributed by atoms with Crippen LogP contribution >= 0.6 is 0 Å². The first-order valence-electron chi connectivity index (χ1n) is 12.5. The molecule has 0 aromatic heterocycles. The number of amides is 2. The number of unbranched alkanes of at least 4 members (excludes halogenated alkanes) is 3. The molecule has 0 aromatic rings. The van der Waals surface area contributed by atoms with Gasteiger partial charge in [-0.2, -0.15) is 5.48 Å². The van der Waals surface area contributed by atoms with E-state index in [9.17, 15) is 9.59 Å². The van der Waals surface area contributed by atoms with Gasteiger partial charge in [-0.1, -0.05) is 73.5 Å². The maximum absolute atomic E-state index is 12.7. The minimum atomic E-state index is -0.370. The molecule has 188 valence electrons. The molecule has 0 saturated carbocycles. The second-order valence-electron chi connectivity index (χ2n) is 10.9. The van der Waals surface area contributed by atoms with Crippen LogP contribution in [0.5, 0.6) is 0 Å². The number of carbonyl (C=O) groups is 2. The summed E-state index contributed by atoms with van der Waals surface area (Å²) in [6, 6.07) is 0.00672. The van der Waals surface area contributed by atoms with E-state index in [1.165, 1.54) is 6.42 Å². The zero-order chi connectivity index (χ0) is 24.6. The quantitative estimate of drug-likeness (QED) is 0.152. The van der Waals surface area contributed by atoms with E-state index in [4.69, 9.17) is 4.84 Å². The van der Waals surface area contributed by atoms with Gasteiger partial charge in [0.25, 0.3) is 0 Å². The van der Waals surface area contributed by atoms with Gasteiger partial charge >= 0.3 is 0 Å². The molecule has 2 amide bonds. The fourth-order valence-corrected chi connectivity index (χ4v) is 3.09. The molecule has 1 unspecified atom stereocenters. The van der Waals surface area contributed by atoms with Crippen LogP contribution in [0.25, 0.3) is 0 Å². The highest BCUT2D eigenvalue weighted by molar-refractivity contribution is 5.81. The van der Waals surface area contributed by atoms with Crippen LogP contribution in [0.4, 0.5) is 0 Å². The van der Waals surface area contributed by atoms with Crippen molar-refractivity contribution in [1.29, 1.82) is 0 Å². The van der Waals surface area contributed by atoms with Gasteiger partial charge in [0.05, 0.1) is 6.61 Å². The Labute approximate surface area is 197 Å². The Hall–Kier alpha value is -1.40. The normalized spacial score (nSPS) is 13.5. The van der Waals surface area contributed by atoms with Gasteiger partial charge in [0.15, 0.2) is 0 Å². The van der Waals surface area contributed by atoms with Crippen LogP contribution in [0.3, 0.4) is 0 Å². The van der Waals surface area contributed by atoms with Gasteiger partial charge in [-0.15, -0.1) is 0 Å². The van der Waals surface area contributed by atoms with Crippen LogP contribution in [-0.4, -0.2) is 37.6 Å². The topological polar surface area (TPSA) is 79.5 Å². The first kappa shape index (κ1) is 30.6. The molecule has 0 radical (unpaired) electrons. The Bertz CT molecular complexity index is 557. The van der Waals surface area contributed by atoms with E-state index in [1.54, 1.807) is 0 Å². The maximum Gasteiger partial charge on any atom is 0.225 e. The molecule has 0 aliphatic rings. The highest BCUT2D eigenvalue weighted by atomic mass is 16.6. The average Bonchev–Trinajstić information content (AvgIpc) is 2.69. The summed E-state index contributed by atoms with van der Waals surface area (Å²) in [5.74, 6) is 0.511. The number of carbonyl (C=O) groups excluding carboxylic acids is 2. The summed E-state index contributed by atoms with van der Waals surface area (Å²) in [7, 11) is 0. The molecule has 0 heterocycles. The van der Waals surface area contributed by atoms with Crippen LogP contribution in [-0.2, 0) is 14.4 Å². The highest BCUT2D eigenvalue weighted by Crippen LogP contribution is 2.25. The van der Waals surface area contributed by atoms with Crippen molar-refractivity contribution in [3.63, 3.8) is 0 Å². The smallest absolute Gasteiger partial charge is 0.225 e. The zero-order valence-electron chi connectivity index (χ0n) is 22.1. The van der Waals surface area contributed by atoms with Crippen molar-refractivity contribution in [3.8, 4) is 0 Å². The average molecular weight is 454 g/mol. The second-order valence-corrected chi connectivity index (χ2v) is 10.9. The molecule has 0 fully saturated rings. The summed E-state index contributed by atoms with van der Waals surface area (Å²) in [5, 5.41) is 6.02. The molecule has 0 aromatic carbocycles. The van der Waals surface area contributed by atoms with Crippen LogP contribution in [0.1, 0.15) is 100 Å². The van der Waals surface area contributed by atoms with E-state index in [-0.39, 0.29) is 28.7 Å². The van der Waals surface area contributed by atoms with Gasteiger partial charge < -0.3 is 15.5 Å². The van der Waals surface area contributed by atoms with Gasteiger partial charge in [-0.25, -0.2) is 0 Å². The first-order valence-corrected chi connectivity index (χ1v) is 12.5. The van der Waals surface area contributed by atoms with Crippen LogP contribution in [0.15, 0.2) is 12.2 Å². The van der Waals surface area contributed by atoms with Crippen molar-refractivity contribution >= 4 is 11.8 Å². The molecule has 0 bridgehead atoms. The van der Waals surface area contributed by atoms with Crippen molar-refractivity contribution in [3.05, 3.63) is 12.2 Å². The summed E-state index contributed by atoms with van der Waals surface area (Å²) in [4.78, 5) is 30.1. The molecular formula is C26H51N3O3. The zero-order valence-corrected chi connectivity index (χ0v) is 22.1. The van der Waals surface area contributed by atoms with Gasteiger partial charge in [0.2, 0.25) is 11.8 Å². The van der Waals surface area contributed by atoms with Gasteiger partial charge in [-0.3, -0.25) is 9.59 Å². The fraction of sp³-hybridized carbons (Fsp3) is 0.846. The molecular weight excluding hydrogens is 402 g/mol. The summed E-state index contributed by atoms with van der Waals surface area (Å²) < 4.78 is 0. The van der Waals surface area contributed by atoms with Crippen LogP contribution < -0.4 is 16.1 Å². The molecule has 3 N–H and O–H groups in total. The second kappa shape index (κ2) is 16.2. The van der Waals surface area contributed by atoms with Crippen LogP contribution in [0, 0.1) is 16.7 Å². The third-order valence-corrected chi connectivity index (χ3v) is 5.33. The van der Waals surface area contributed by atoms with E-state index in [1.807, 2.05) is 34.6 Å². The predicted molar refractivity (Wildman–Crippen MR) is 134 cm³/mol. The maximum atomic E-state index is 12.7. The molecule has 0 aliphatic carbocycles. The number of rotatable bonds is 18. The van der Waals surface area contributed by atoms with Crippen molar-refractivity contribution < 1.29 is 14.4 Å². The molecule has 1 atom stereocenters. The Kier molecular flexibility index (Phi) is 15.5. The standard InChI is InChI=1S/C26H51N3O3/c1-9-10-11-12-13-14-15-16-26(7,8)24(31)28-19-25(5,6)20-32-29-22(4)18-27-23(30)17-21(2)3/h11-12,21-22,29H,9-10,13-20H2,1-8H3,(H,27,30)(H,28,31)/b12-11-. The van der Waals surface area contributed by atoms with E-state index < -0.39 is 0 Å². The summed E-state index contributed by atoms with van der Waals surface area (Å²) >= 11 is 0. The minimum Gasteiger partial charge on any atom is -0.355 e. The summed E-state index contributed by atoms with van der Waals surface area (Å²) in [6.45, 7) is 17.9. The lowest BCUT2D eigenvalue weighted by molar-refractivity contribution is -0.130. The molecule has 0 aliphatic heterocycles. The van der Waals surface area contributed by atoms with Crippen molar-refractivity contribution in [1.82, 2.24) is 16.1 Å². The Balaban J connectivity index is 4.13. The molecule has 0 spiro atoms. The first-order chi connectivity index (χ1) is 14.9. The lowest BCUT2D eigenvalue weighted by atomic mass is 9.85. The van der Waals surface area contributed by atoms with Crippen molar-refractivity contribution in [2.75, 3.05) is 19.7 Å². The Morgan fingerprint density at radius 2 is 1.62 bits per heavy atom. The van der Waals surface area contributed by atoms with E-state index in [0.717, 1.165) is 32.1 Å². The molecule has 6 nitrogen and oxygen atoms in total. The monoisotopic (exact) mass is 453 g/mol. The summed E-state index contributed by atoms with van der Waals surface area (Å²) in [6.07, 6.45) is 11.5. The number of hydrogen-bond acceptors (Lipinski definition) is 4. The molecule has 0 saturated heterocycles. The number of hydroxylamine groups is 1. The lowest BCUT2D eigenvalue weighted by Gasteiger charge is -2.29. The van der Waals surface area contributed by atoms with Crippen molar-refractivity contribution in [2.24, 2.45) is 16.7 Å². The predicted octanol–water partition coefficient (Wildman–Crippen LogP) is 5.14. The van der Waals surface area contributed by atoms with Gasteiger partial charge in [-0.05, 0) is 38.5 Å². The van der Waals surface area contributed by atoms with E-state index >= 15 is 0 Å². The van der Waals surface area contributed by atoms with Crippen LogP contribution in [0.2, 0.25) is 0 Å². The van der Waals surface area contributed by atoms with Gasteiger partial charge in [0.1, 0.15) is 0 Å². The summed E-state index contributed by atoms with van der Waals surface area (Å²) in [5.41, 5.74) is 2.41. The highest BCUT2D eigenvalue weighted by Gasteiger charge is 2.29. The van der Waals surface area contributed by atoms with E-state index in [0.29, 0.717) is 32.0 Å². The minimum absolute atomic E-state index is 0.00672. The largest absolute Gasteiger partial charge is 0.355 e. The van der Waals surface area contributed by atoms with Gasteiger partial charge in [0, 0.05) is 36.4 Å². The van der Waals surface area contributed by atoms with E-state index in [2.05, 4.69) is 49.0 Å². The number of nitrogens with one attached hydrogen (secondary N) is 3. The SMILES string of the molecule is CCC/C=C\CCCCC(C)(C)C(=O)NCC(C)(C)CONC(C)CNC(=O)CC(C)C. The fourth-order valence-electron chi connectivity index (χ4n) is 3.09. The Morgan fingerprint density at radius 1 is 0.969 bits per heavy atom. The number of allylic oxidation sites excluding steroid dienone is 2. The third-order valence-electron chi connectivity index (χ3n) is 5.33. The van der Waals surface area contributed by atoms with Crippen molar-refractivity contribution in [2.45, 2.75) is 106 Å².